The molecule has 76 valence electrons. The lowest BCUT2D eigenvalue weighted by molar-refractivity contribution is 1.18. The minimum absolute atomic E-state index is 0.727. The van der Waals surface area contributed by atoms with Gasteiger partial charge in [0.25, 0.3) is 0 Å². The van der Waals surface area contributed by atoms with E-state index < -0.39 is 0 Å². The summed E-state index contributed by atoms with van der Waals surface area (Å²) in [5.74, 6) is 0. The second-order valence-corrected chi connectivity index (χ2v) is 3.34. The first kappa shape index (κ1) is 8.91. The Bertz CT molecular complexity index is 622. The fourth-order valence-electron chi connectivity index (χ4n) is 1.53. The van der Waals surface area contributed by atoms with Crippen LogP contribution in [0.25, 0.3) is 22.4 Å². The molecule has 3 aromatic rings. The third kappa shape index (κ3) is 1.50. The predicted molar refractivity (Wildman–Crippen MR) is 60.6 cm³/mol. The van der Waals surface area contributed by atoms with E-state index in [2.05, 4.69) is 19.9 Å². The molecule has 3 rings (SSSR count). The lowest BCUT2D eigenvalue weighted by Gasteiger charge is -2.00. The van der Waals surface area contributed by atoms with E-state index in [0.29, 0.717) is 0 Å². The van der Waals surface area contributed by atoms with Gasteiger partial charge in [0.2, 0.25) is 0 Å². The second-order valence-electron chi connectivity index (χ2n) is 3.34. The number of fused-ring (bicyclic) bond motifs is 1. The van der Waals surface area contributed by atoms with E-state index in [1.165, 1.54) is 0 Å². The zero-order valence-electron chi connectivity index (χ0n) is 8.41. The van der Waals surface area contributed by atoms with E-state index in [9.17, 15) is 0 Å². The molecule has 0 fully saturated rings. The summed E-state index contributed by atoms with van der Waals surface area (Å²) in [5, 5.41) is 1.02. The van der Waals surface area contributed by atoms with Gasteiger partial charge in [0, 0.05) is 24.0 Å². The molecule has 0 radical (unpaired) electrons. The van der Waals surface area contributed by atoms with Crippen LogP contribution in [0.1, 0.15) is 0 Å². The topological polar surface area (TPSA) is 51.6 Å². The number of hydrogen-bond donors (Lipinski definition) is 0. The highest BCUT2D eigenvalue weighted by Crippen LogP contribution is 2.16. The number of rotatable bonds is 1. The van der Waals surface area contributed by atoms with Crippen molar-refractivity contribution in [2.75, 3.05) is 0 Å². The molecular formula is C12H8N4. The Kier molecular flexibility index (Phi) is 2.04. The van der Waals surface area contributed by atoms with Crippen molar-refractivity contribution in [3.8, 4) is 11.4 Å². The molecule has 0 aliphatic carbocycles. The first-order valence-electron chi connectivity index (χ1n) is 4.92. The van der Waals surface area contributed by atoms with Crippen LogP contribution < -0.4 is 0 Å². The lowest BCUT2D eigenvalue weighted by Crippen LogP contribution is -1.90. The van der Waals surface area contributed by atoms with Crippen molar-refractivity contribution < 1.29 is 0 Å². The van der Waals surface area contributed by atoms with Gasteiger partial charge >= 0.3 is 0 Å². The Morgan fingerprint density at radius 1 is 0.812 bits per heavy atom. The molecule has 0 saturated carbocycles. The second kappa shape index (κ2) is 3.66. The molecular weight excluding hydrogens is 200 g/mol. The maximum absolute atomic E-state index is 4.43. The Labute approximate surface area is 92.0 Å². The molecule has 0 aliphatic heterocycles. The summed E-state index contributed by atoms with van der Waals surface area (Å²) in [6, 6.07) is 7.79. The highest BCUT2D eigenvalue weighted by atomic mass is 14.9. The van der Waals surface area contributed by atoms with Gasteiger partial charge in [-0.3, -0.25) is 9.97 Å². The van der Waals surface area contributed by atoms with Gasteiger partial charge in [0.1, 0.15) is 5.69 Å². The highest BCUT2D eigenvalue weighted by Gasteiger charge is 2.02. The smallest absolute Gasteiger partial charge is 0.159 e. The molecule has 3 heterocycles. The summed E-state index contributed by atoms with van der Waals surface area (Å²) < 4.78 is 0. The van der Waals surface area contributed by atoms with Gasteiger partial charge in [-0.15, -0.1) is 0 Å². The van der Waals surface area contributed by atoms with E-state index in [4.69, 9.17) is 0 Å². The van der Waals surface area contributed by atoms with Gasteiger partial charge in [0.05, 0.1) is 11.9 Å². The summed E-state index contributed by atoms with van der Waals surface area (Å²) in [6.45, 7) is 0. The molecule has 0 aromatic carbocycles. The van der Waals surface area contributed by atoms with Crippen molar-refractivity contribution in [1.29, 1.82) is 0 Å². The van der Waals surface area contributed by atoms with E-state index in [1.807, 2.05) is 24.3 Å². The zero-order chi connectivity index (χ0) is 10.8. The molecule has 0 aliphatic rings. The molecule has 0 saturated heterocycles. The zero-order valence-corrected chi connectivity index (χ0v) is 8.41. The molecule has 0 spiro atoms. The number of nitrogens with zero attached hydrogens (tertiary/aromatic N) is 4. The predicted octanol–water partition coefficient (Wildman–Crippen LogP) is 2.09. The minimum atomic E-state index is 0.727. The van der Waals surface area contributed by atoms with E-state index in [-0.39, 0.29) is 0 Å². The molecule has 3 aromatic heterocycles. The SMILES string of the molecule is c1cnc2nc(-c3cnccn3)ccc2c1. The fourth-order valence-corrected chi connectivity index (χ4v) is 1.53. The third-order valence-corrected chi connectivity index (χ3v) is 2.29. The van der Waals surface area contributed by atoms with Crippen molar-refractivity contribution >= 4 is 11.0 Å². The summed E-state index contributed by atoms with van der Waals surface area (Å²) in [5.41, 5.74) is 2.28. The average molecular weight is 208 g/mol. The van der Waals surface area contributed by atoms with Crippen molar-refractivity contribution in [2.45, 2.75) is 0 Å². The maximum Gasteiger partial charge on any atom is 0.159 e. The minimum Gasteiger partial charge on any atom is -0.261 e. The largest absolute Gasteiger partial charge is 0.261 e. The number of hydrogen-bond acceptors (Lipinski definition) is 4. The lowest BCUT2D eigenvalue weighted by atomic mass is 10.2. The third-order valence-electron chi connectivity index (χ3n) is 2.29. The maximum atomic E-state index is 4.43. The van der Waals surface area contributed by atoms with Crippen molar-refractivity contribution in [1.82, 2.24) is 19.9 Å². The first-order valence-corrected chi connectivity index (χ1v) is 4.92. The van der Waals surface area contributed by atoms with Crippen LogP contribution in [0.15, 0.2) is 49.1 Å². The van der Waals surface area contributed by atoms with Crippen molar-refractivity contribution in [2.24, 2.45) is 0 Å². The molecule has 0 bridgehead atoms. The number of aromatic nitrogens is 4. The van der Waals surface area contributed by atoms with Crippen LogP contribution in [0.2, 0.25) is 0 Å². The van der Waals surface area contributed by atoms with Crippen LogP contribution in [-0.4, -0.2) is 19.9 Å². The Balaban J connectivity index is 2.19. The standard InChI is InChI=1S/C12H8N4/c1-2-9-3-4-10(16-12(9)15-5-1)11-8-13-6-7-14-11/h1-8H. The van der Waals surface area contributed by atoms with Crippen LogP contribution in [0, 0.1) is 0 Å². The molecule has 16 heavy (non-hydrogen) atoms. The monoisotopic (exact) mass is 208 g/mol. The summed E-state index contributed by atoms with van der Waals surface area (Å²) in [7, 11) is 0. The summed E-state index contributed by atoms with van der Waals surface area (Å²) >= 11 is 0. The Hall–Kier alpha value is -2.36. The van der Waals surface area contributed by atoms with Crippen LogP contribution in [-0.2, 0) is 0 Å². The van der Waals surface area contributed by atoms with Crippen LogP contribution >= 0.6 is 0 Å². The Morgan fingerprint density at radius 2 is 1.81 bits per heavy atom. The van der Waals surface area contributed by atoms with Crippen molar-refractivity contribution in [3.05, 3.63) is 49.1 Å². The van der Waals surface area contributed by atoms with Gasteiger partial charge in [-0.2, -0.15) is 0 Å². The normalized spacial score (nSPS) is 10.5. The highest BCUT2D eigenvalue weighted by molar-refractivity contribution is 5.77. The molecule has 4 heteroatoms. The van der Waals surface area contributed by atoms with Crippen LogP contribution in [0.3, 0.4) is 0 Å². The summed E-state index contributed by atoms with van der Waals surface area (Å²) in [6.07, 6.45) is 6.72. The summed E-state index contributed by atoms with van der Waals surface area (Å²) in [4.78, 5) is 16.9. The van der Waals surface area contributed by atoms with Gasteiger partial charge < -0.3 is 0 Å². The van der Waals surface area contributed by atoms with Crippen LogP contribution in [0.5, 0.6) is 0 Å². The van der Waals surface area contributed by atoms with E-state index in [0.717, 1.165) is 22.4 Å². The van der Waals surface area contributed by atoms with Gasteiger partial charge in [-0.25, -0.2) is 9.97 Å². The fraction of sp³-hybridized carbons (Fsp3) is 0. The number of pyridine rings is 2. The van der Waals surface area contributed by atoms with Crippen molar-refractivity contribution in [3.63, 3.8) is 0 Å². The van der Waals surface area contributed by atoms with Gasteiger partial charge in [0.15, 0.2) is 5.65 Å². The van der Waals surface area contributed by atoms with E-state index >= 15 is 0 Å². The molecule has 0 atom stereocenters. The molecule has 0 N–H and O–H groups in total. The first-order chi connectivity index (χ1) is 7.93. The quantitative estimate of drug-likeness (QED) is 0.614. The van der Waals surface area contributed by atoms with Gasteiger partial charge in [-0.05, 0) is 24.3 Å². The average Bonchev–Trinajstić information content (AvgIpc) is 2.39. The van der Waals surface area contributed by atoms with E-state index in [1.54, 1.807) is 24.8 Å². The molecule has 0 amide bonds. The Morgan fingerprint density at radius 3 is 2.69 bits per heavy atom. The van der Waals surface area contributed by atoms with Gasteiger partial charge in [-0.1, -0.05) is 0 Å². The van der Waals surface area contributed by atoms with Crippen LogP contribution in [0.4, 0.5) is 0 Å². The molecule has 4 nitrogen and oxygen atoms in total. The molecule has 0 unspecified atom stereocenters.